The SMILES string of the molecule is CC1(C)Nc2cc3c(cc2N(C(C)(C)C(=O)O)C1=O)OCO3. The van der Waals surface area contributed by atoms with Crippen LogP contribution in [0, 0.1) is 0 Å². The van der Waals surface area contributed by atoms with Gasteiger partial charge in [0.15, 0.2) is 11.5 Å². The minimum Gasteiger partial charge on any atom is -0.480 e. The summed E-state index contributed by atoms with van der Waals surface area (Å²) in [7, 11) is 0. The monoisotopic (exact) mass is 306 g/mol. The van der Waals surface area contributed by atoms with Gasteiger partial charge in [-0.1, -0.05) is 0 Å². The first-order chi connectivity index (χ1) is 10.1. The van der Waals surface area contributed by atoms with Gasteiger partial charge in [-0.3, -0.25) is 9.69 Å². The highest BCUT2D eigenvalue weighted by Gasteiger charge is 2.48. The Morgan fingerprint density at radius 1 is 1.32 bits per heavy atom. The van der Waals surface area contributed by atoms with Gasteiger partial charge in [-0.15, -0.1) is 0 Å². The molecule has 2 heterocycles. The zero-order valence-electron chi connectivity index (χ0n) is 12.9. The third-order valence-corrected chi connectivity index (χ3v) is 4.00. The second-order valence-electron chi connectivity index (χ2n) is 6.48. The summed E-state index contributed by atoms with van der Waals surface area (Å²) in [6.07, 6.45) is 0. The number of nitrogens with zero attached hydrogens (tertiary/aromatic N) is 1. The maximum Gasteiger partial charge on any atom is 0.329 e. The molecule has 3 rings (SSSR count). The maximum atomic E-state index is 12.8. The highest BCUT2D eigenvalue weighted by atomic mass is 16.7. The maximum absolute atomic E-state index is 12.8. The lowest BCUT2D eigenvalue weighted by atomic mass is 9.91. The Labute approximate surface area is 127 Å². The Bertz CT molecular complexity index is 681. The van der Waals surface area contributed by atoms with Crippen molar-refractivity contribution >= 4 is 23.3 Å². The molecule has 1 amide bonds. The van der Waals surface area contributed by atoms with Gasteiger partial charge < -0.3 is 19.9 Å². The molecule has 0 saturated heterocycles. The van der Waals surface area contributed by atoms with Gasteiger partial charge in [0.1, 0.15) is 11.1 Å². The van der Waals surface area contributed by atoms with Crippen LogP contribution in [0.4, 0.5) is 11.4 Å². The molecule has 0 saturated carbocycles. The number of carbonyl (C=O) groups excluding carboxylic acids is 1. The van der Waals surface area contributed by atoms with E-state index < -0.39 is 17.0 Å². The number of carboxylic acid groups (broad SMARTS) is 1. The van der Waals surface area contributed by atoms with Gasteiger partial charge in [0.25, 0.3) is 5.91 Å². The minimum atomic E-state index is -1.39. The zero-order chi connectivity index (χ0) is 16.3. The lowest BCUT2D eigenvalue weighted by Crippen LogP contribution is -2.63. The number of aliphatic carboxylic acids is 1. The molecular formula is C15H18N2O5. The van der Waals surface area contributed by atoms with E-state index in [4.69, 9.17) is 9.47 Å². The first kappa shape index (κ1) is 14.5. The summed E-state index contributed by atoms with van der Waals surface area (Å²) in [5.74, 6) is -0.322. The lowest BCUT2D eigenvalue weighted by molar-refractivity contribution is -0.144. The van der Waals surface area contributed by atoms with Crippen LogP contribution >= 0.6 is 0 Å². The summed E-state index contributed by atoms with van der Waals surface area (Å²) in [5, 5.41) is 12.7. The first-order valence-electron chi connectivity index (χ1n) is 6.94. The van der Waals surface area contributed by atoms with E-state index in [1.54, 1.807) is 26.0 Å². The number of fused-ring (bicyclic) bond motifs is 2. The van der Waals surface area contributed by atoms with Crippen LogP contribution in [-0.4, -0.2) is 34.9 Å². The normalized spacial score (nSPS) is 18.7. The number of benzene rings is 1. The molecule has 2 aliphatic rings. The smallest absolute Gasteiger partial charge is 0.329 e. The molecule has 22 heavy (non-hydrogen) atoms. The van der Waals surface area contributed by atoms with E-state index in [-0.39, 0.29) is 12.7 Å². The lowest BCUT2D eigenvalue weighted by Gasteiger charge is -2.45. The van der Waals surface area contributed by atoms with Crippen molar-refractivity contribution in [2.45, 2.75) is 38.8 Å². The minimum absolute atomic E-state index is 0.109. The molecule has 2 N–H and O–H groups in total. The third kappa shape index (κ3) is 1.88. The van der Waals surface area contributed by atoms with Crippen molar-refractivity contribution in [1.82, 2.24) is 0 Å². The topological polar surface area (TPSA) is 88.1 Å². The number of carbonyl (C=O) groups is 2. The standard InChI is InChI=1S/C15H18N2O5/c1-14(2)12(18)17(15(3,4)13(19)20)9-6-11-10(21-7-22-11)5-8(9)16-14/h5-6,16H,7H2,1-4H3,(H,19,20). The van der Waals surface area contributed by atoms with Gasteiger partial charge >= 0.3 is 5.97 Å². The van der Waals surface area contributed by atoms with Crippen molar-refractivity contribution in [3.63, 3.8) is 0 Å². The molecule has 0 atom stereocenters. The Kier molecular flexibility index (Phi) is 2.82. The average Bonchev–Trinajstić information content (AvgIpc) is 2.84. The highest BCUT2D eigenvalue weighted by molar-refractivity contribution is 6.12. The van der Waals surface area contributed by atoms with Gasteiger partial charge in [0.05, 0.1) is 11.4 Å². The van der Waals surface area contributed by atoms with Gasteiger partial charge in [-0.2, -0.15) is 0 Å². The summed E-state index contributed by atoms with van der Waals surface area (Å²) < 4.78 is 10.7. The van der Waals surface area contributed by atoms with E-state index in [0.717, 1.165) is 0 Å². The van der Waals surface area contributed by atoms with Gasteiger partial charge in [-0.05, 0) is 27.7 Å². The molecule has 0 unspecified atom stereocenters. The molecule has 0 aromatic heterocycles. The molecule has 2 aliphatic heterocycles. The fourth-order valence-corrected chi connectivity index (χ4v) is 2.65. The molecule has 7 nitrogen and oxygen atoms in total. The molecular weight excluding hydrogens is 288 g/mol. The second-order valence-corrected chi connectivity index (χ2v) is 6.48. The fraction of sp³-hybridized carbons (Fsp3) is 0.467. The summed E-state index contributed by atoms with van der Waals surface area (Å²) in [5.41, 5.74) is -1.20. The Hall–Kier alpha value is -2.44. The Balaban J connectivity index is 2.22. The summed E-state index contributed by atoms with van der Waals surface area (Å²) in [6, 6.07) is 3.37. The average molecular weight is 306 g/mol. The van der Waals surface area contributed by atoms with E-state index in [0.29, 0.717) is 22.9 Å². The largest absolute Gasteiger partial charge is 0.480 e. The predicted octanol–water partition coefficient (Wildman–Crippen LogP) is 1.82. The number of nitrogens with one attached hydrogen (secondary N) is 1. The van der Waals surface area contributed by atoms with E-state index in [1.165, 1.54) is 18.7 Å². The van der Waals surface area contributed by atoms with Gasteiger partial charge in [-0.25, -0.2) is 4.79 Å². The van der Waals surface area contributed by atoms with Crippen LogP contribution in [0.2, 0.25) is 0 Å². The van der Waals surface area contributed by atoms with E-state index in [2.05, 4.69) is 5.32 Å². The van der Waals surface area contributed by atoms with Crippen LogP contribution in [0.3, 0.4) is 0 Å². The van der Waals surface area contributed by atoms with E-state index in [1.807, 2.05) is 0 Å². The second kappa shape index (κ2) is 4.28. The number of ether oxygens (including phenoxy) is 2. The summed E-state index contributed by atoms with van der Waals surface area (Å²) >= 11 is 0. The molecule has 0 aliphatic carbocycles. The molecule has 0 radical (unpaired) electrons. The Morgan fingerprint density at radius 3 is 2.50 bits per heavy atom. The van der Waals surface area contributed by atoms with E-state index in [9.17, 15) is 14.7 Å². The molecule has 0 bridgehead atoms. The van der Waals surface area contributed by atoms with Crippen molar-refractivity contribution in [2.24, 2.45) is 0 Å². The van der Waals surface area contributed by atoms with Crippen molar-refractivity contribution in [3.8, 4) is 11.5 Å². The molecule has 7 heteroatoms. The number of hydrogen-bond acceptors (Lipinski definition) is 5. The van der Waals surface area contributed by atoms with Gasteiger partial charge in [0, 0.05) is 12.1 Å². The number of amides is 1. The molecule has 0 fully saturated rings. The van der Waals surface area contributed by atoms with Crippen LogP contribution in [0.5, 0.6) is 11.5 Å². The molecule has 1 aromatic carbocycles. The van der Waals surface area contributed by atoms with Crippen LogP contribution in [0.15, 0.2) is 12.1 Å². The highest BCUT2D eigenvalue weighted by Crippen LogP contribution is 2.46. The number of anilines is 2. The molecule has 118 valence electrons. The Morgan fingerprint density at radius 2 is 1.91 bits per heavy atom. The number of carboxylic acids is 1. The van der Waals surface area contributed by atoms with Crippen molar-refractivity contribution < 1.29 is 24.2 Å². The summed E-state index contributed by atoms with van der Waals surface area (Å²) in [6.45, 7) is 6.55. The van der Waals surface area contributed by atoms with Crippen LogP contribution in [0.1, 0.15) is 27.7 Å². The van der Waals surface area contributed by atoms with Crippen LogP contribution in [0.25, 0.3) is 0 Å². The quantitative estimate of drug-likeness (QED) is 0.866. The first-order valence-corrected chi connectivity index (χ1v) is 6.94. The summed E-state index contributed by atoms with van der Waals surface area (Å²) in [4.78, 5) is 25.7. The van der Waals surface area contributed by atoms with Crippen molar-refractivity contribution in [3.05, 3.63) is 12.1 Å². The molecule has 0 spiro atoms. The van der Waals surface area contributed by atoms with Crippen LogP contribution in [-0.2, 0) is 9.59 Å². The van der Waals surface area contributed by atoms with Crippen molar-refractivity contribution in [2.75, 3.05) is 17.0 Å². The fourth-order valence-electron chi connectivity index (χ4n) is 2.65. The van der Waals surface area contributed by atoms with Crippen molar-refractivity contribution in [1.29, 1.82) is 0 Å². The van der Waals surface area contributed by atoms with Gasteiger partial charge in [0.2, 0.25) is 6.79 Å². The van der Waals surface area contributed by atoms with E-state index >= 15 is 0 Å². The van der Waals surface area contributed by atoms with Crippen LogP contribution < -0.4 is 19.7 Å². The molecule has 1 aromatic rings. The number of hydrogen-bond donors (Lipinski definition) is 2. The third-order valence-electron chi connectivity index (χ3n) is 4.00. The zero-order valence-corrected chi connectivity index (χ0v) is 12.9. The predicted molar refractivity (Wildman–Crippen MR) is 79.5 cm³/mol. The number of rotatable bonds is 2.